The van der Waals surface area contributed by atoms with Crippen molar-refractivity contribution in [2.24, 2.45) is 0 Å². The van der Waals surface area contributed by atoms with Crippen LogP contribution in [0.15, 0.2) is 84.9 Å². The molecular formula is C29H24F4N2O5. The Morgan fingerprint density at radius 1 is 0.850 bits per heavy atom. The van der Waals surface area contributed by atoms with E-state index in [2.05, 4.69) is 10.3 Å². The number of amides is 1. The zero-order valence-electron chi connectivity index (χ0n) is 21.0. The summed E-state index contributed by atoms with van der Waals surface area (Å²) in [5.74, 6) is -5.74. The van der Waals surface area contributed by atoms with Crippen LogP contribution in [-0.4, -0.2) is 42.4 Å². The van der Waals surface area contributed by atoms with E-state index in [9.17, 15) is 27.2 Å². The zero-order valence-corrected chi connectivity index (χ0v) is 21.0. The highest BCUT2D eigenvalue weighted by molar-refractivity contribution is 5.99. The Kier molecular flexibility index (Phi) is 9.15. The number of benzene rings is 3. The maximum absolute atomic E-state index is 13.3. The van der Waals surface area contributed by atoms with Gasteiger partial charge in [-0.25, -0.2) is 13.8 Å². The van der Waals surface area contributed by atoms with Gasteiger partial charge in [0.15, 0.2) is 18.1 Å². The molecule has 0 aliphatic carbocycles. The Hall–Kier alpha value is -4.67. The van der Waals surface area contributed by atoms with E-state index in [1.807, 2.05) is 36.4 Å². The first kappa shape index (κ1) is 28.3. The number of fused-ring (bicyclic) bond motifs is 1. The van der Waals surface area contributed by atoms with Gasteiger partial charge in [-0.15, -0.1) is 0 Å². The monoisotopic (exact) mass is 556 g/mol. The van der Waals surface area contributed by atoms with Crippen LogP contribution in [0.3, 0.4) is 0 Å². The van der Waals surface area contributed by atoms with Gasteiger partial charge in [-0.1, -0.05) is 60.7 Å². The number of rotatable bonds is 12. The smallest absolute Gasteiger partial charge is 0.340 e. The zero-order chi connectivity index (χ0) is 28.5. The molecule has 11 heteroatoms. The molecule has 4 aromatic rings. The predicted molar refractivity (Wildman–Crippen MR) is 138 cm³/mol. The van der Waals surface area contributed by atoms with Gasteiger partial charge in [0.25, 0.3) is 5.91 Å². The summed E-state index contributed by atoms with van der Waals surface area (Å²) in [6, 6.07) is 23.5. The van der Waals surface area contributed by atoms with E-state index in [4.69, 9.17) is 14.2 Å². The minimum Gasteiger partial charge on any atom is -0.487 e. The average Bonchev–Trinajstić information content (AvgIpc) is 2.97. The number of carbonyl (C=O) groups is 2. The first-order chi connectivity index (χ1) is 19.2. The van der Waals surface area contributed by atoms with E-state index in [0.29, 0.717) is 5.39 Å². The van der Waals surface area contributed by atoms with Crippen LogP contribution in [-0.2, 0) is 22.7 Å². The summed E-state index contributed by atoms with van der Waals surface area (Å²) >= 11 is 0. The van der Waals surface area contributed by atoms with Gasteiger partial charge < -0.3 is 19.5 Å². The number of hydrogen-bond donors (Lipinski definition) is 1. The fraction of sp³-hybridized carbons (Fsp3) is 0.207. The standard InChI is InChI=1S/C29H24F4N2O5/c30-28(31)29(32,33)18-40-22-11-12-23-21(13-22)14-24(38-16-19-7-3-1-4-8-19)26(35-23)27(37)34-15-25(36)39-17-20-9-5-2-6-10-20/h1-14,28H,15-18H2,(H,34,37). The molecule has 1 aromatic heterocycles. The molecule has 0 bridgehead atoms. The second-order valence-electron chi connectivity index (χ2n) is 8.64. The van der Waals surface area contributed by atoms with E-state index < -0.39 is 37.4 Å². The van der Waals surface area contributed by atoms with E-state index in [0.717, 1.165) is 11.1 Å². The highest BCUT2D eigenvalue weighted by Crippen LogP contribution is 2.29. The SMILES string of the molecule is O=C(CNC(=O)c1nc2ccc(OCC(F)(F)C(F)F)cc2cc1OCc1ccccc1)OCc1ccccc1. The predicted octanol–water partition coefficient (Wildman–Crippen LogP) is 5.57. The summed E-state index contributed by atoms with van der Waals surface area (Å²) in [7, 11) is 0. The van der Waals surface area contributed by atoms with Crippen molar-refractivity contribution in [1.29, 1.82) is 0 Å². The third kappa shape index (κ3) is 7.68. The number of nitrogens with one attached hydrogen (secondary N) is 1. The highest BCUT2D eigenvalue weighted by Gasteiger charge is 2.41. The summed E-state index contributed by atoms with van der Waals surface area (Å²) in [6.45, 7) is -1.82. The van der Waals surface area contributed by atoms with Crippen LogP contribution in [0.4, 0.5) is 17.6 Å². The van der Waals surface area contributed by atoms with Crippen LogP contribution in [0, 0.1) is 0 Å². The van der Waals surface area contributed by atoms with Crippen molar-refractivity contribution >= 4 is 22.8 Å². The molecule has 40 heavy (non-hydrogen) atoms. The number of nitrogens with zero attached hydrogens (tertiary/aromatic N) is 1. The van der Waals surface area contributed by atoms with Crippen molar-refractivity contribution in [2.75, 3.05) is 13.2 Å². The molecule has 0 saturated carbocycles. The summed E-state index contributed by atoms with van der Waals surface area (Å²) in [5.41, 5.74) is 1.73. The van der Waals surface area contributed by atoms with Gasteiger partial charge in [0.05, 0.1) is 5.52 Å². The molecule has 0 aliphatic rings. The third-order valence-electron chi connectivity index (χ3n) is 5.59. The van der Waals surface area contributed by atoms with Crippen LogP contribution in [0.2, 0.25) is 0 Å². The van der Waals surface area contributed by atoms with Gasteiger partial charge in [-0.3, -0.25) is 9.59 Å². The molecule has 208 valence electrons. The van der Waals surface area contributed by atoms with Crippen molar-refractivity contribution in [1.82, 2.24) is 10.3 Å². The Balaban J connectivity index is 1.51. The largest absolute Gasteiger partial charge is 0.487 e. The number of pyridine rings is 1. The summed E-state index contributed by atoms with van der Waals surface area (Å²) in [6.07, 6.45) is -3.87. The Morgan fingerprint density at radius 2 is 1.50 bits per heavy atom. The van der Waals surface area contributed by atoms with E-state index in [1.54, 1.807) is 24.3 Å². The molecule has 0 radical (unpaired) electrons. The summed E-state index contributed by atoms with van der Waals surface area (Å²) < 4.78 is 67.4. The van der Waals surface area contributed by atoms with E-state index >= 15 is 0 Å². The molecule has 0 saturated heterocycles. The van der Waals surface area contributed by atoms with Crippen LogP contribution >= 0.6 is 0 Å². The average molecular weight is 557 g/mol. The molecule has 0 fully saturated rings. The van der Waals surface area contributed by atoms with Gasteiger partial charge in [0.2, 0.25) is 0 Å². The molecule has 7 nitrogen and oxygen atoms in total. The second-order valence-corrected chi connectivity index (χ2v) is 8.64. The van der Waals surface area contributed by atoms with Crippen LogP contribution in [0.5, 0.6) is 11.5 Å². The Morgan fingerprint density at radius 3 is 2.15 bits per heavy atom. The molecule has 0 spiro atoms. The van der Waals surface area contributed by atoms with E-state index in [-0.39, 0.29) is 35.9 Å². The number of aromatic nitrogens is 1. The Labute approximate surface area is 226 Å². The molecule has 0 aliphatic heterocycles. The lowest BCUT2D eigenvalue weighted by atomic mass is 10.1. The molecule has 0 unspecified atom stereocenters. The molecule has 4 rings (SSSR count). The molecule has 0 atom stereocenters. The van der Waals surface area contributed by atoms with Gasteiger partial charge >= 0.3 is 18.3 Å². The number of hydrogen-bond acceptors (Lipinski definition) is 6. The van der Waals surface area contributed by atoms with Crippen LogP contribution < -0.4 is 14.8 Å². The number of alkyl halides is 4. The lowest BCUT2D eigenvalue weighted by Gasteiger charge is -2.16. The van der Waals surface area contributed by atoms with Crippen molar-refractivity contribution in [3.8, 4) is 11.5 Å². The molecule has 1 heterocycles. The maximum atomic E-state index is 13.3. The topological polar surface area (TPSA) is 86.8 Å². The van der Waals surface area contributed by atoms with Gasteiger partial charge in [0, 0.05) is 5.39 Å². The fourth-order valence-electron chi connectivity index (χ4n) is 3.50. The first-order valence-corrected chi connectivity index (χ1v) is 12.1. The van der Waals surface area contributed by atoms with E-state index in [1.165, 1.54) is 24.3 Å². The molecule has 1 amide bonds. The lowest BCUT2D eigenvalue weighted by molar-refractivity contribution is -0.148. The molecular weight excluding hydrogens is 532 g/mol. The van der Waals surface area contributed by atoms with Gasteiger partial charge in [-0.2, -0.15) is 8.78 Å². The number of esters is 1. The summed E-state index contributed by atoms with van der Waals surface area (Å²) in [5, 5.41) is 2.81. The van der Waals surface area contributed by atoms with Crippen molar-refractivity contribution < 1.29 is 41.4 Å². The van der Waals surface area contributed by atoms with Crippen molar-refractivity contribution in [3.05, 3.63) is 102 Å². The minimum absolute atomic E-state index is 0.0431. The van der Waals surface area contributed by atoms with Crippen molar-refractivity contribution in [2.45, 2.75) is 25.6 Å². The molecule has 3 aromatic carbocycles. The van der Waals surface area contributed by atoms with Crippen LogP contribution in [0.25, 0.3) is 10.9 Å². The fourth-order valence-corrected chi connectivity index (χ4v) is 3.50. The minimum atomic E-state index is -4.32. The first-order valence-electron chi connectivity index (χ1n) is 12.1. The number of halogens is 4. The lowest BCUT2D eigenvalue weighted by Crippen LogP contribution is -2.33. The normalized spacial score (nSPS) is 11.3. The van der Waals surface area contributed by atoms with Gasteiger partial charge in [-0.05, 0) is 35.4 Å². The Bertz CT molecular complexity index is 1450. The quantitative estimate of drug-likeness (QED) is 0.182. The maximum Gasteiger partial charge on any atom is 0.340 e. The van der Waals surface area contributed by atoms with Crippen LogP contribution in [0.1, 0.15) is 21.6 Å². The third-order valence-corrected chi connectivity index (χ3v) is 5.59. The summed E-state index contributed by atoms with van der Waals surface area (Å²) in [4.78, 5) is 29.5. The highest BCUT2D eigenvalue weighted by atomic mass is 19.3. The molecule has 1 N–H and O–H groups in total. The number of carbonyl (C=O) groups excluding carboxylic acids is 2. The van der Waals surface area contributed by atoms with Gasteiger partial charge in [0.1, 0.15) is 25.5 Å². The second kappa shape index (κ2) is 12.9. The number of ether oxygens (including phenoxy) is 3. The van der Waals surface area contributed by atoms with Crippen molar-refractivity contribution in [3.63, 3.8) is 0 Å².